The summed E-state index contributed by atoms with van der Waals surface area (Å²) in [5.41, 5.74) is 0.500. The highest BCUT2D eigenvalue weighted by molar-refractivity contribution is 6.42. The Labute approximate surface area is 175 Å². The summed E-state index contributed by atoms with van der Waals surface area (Å²) in [6.07, 6.45) is 0. The Morgan fingerprint density at radius 2 is 1.61 bits per heavy atom. The summed E-state index contributed by atoms with van der Waals surface area (Å²) in [5.74, 6) is -1.31. The first kappa shape index (κ1) is 21.8. The van der Waals surface area contributed by atoms with Crippen molar-refractivity contribution in [1.82, 2.24) is 5.32 Å². The number of hydrogen-bond acceptors (Lipinski definition) is 5. The maximum absolute atomic E-state index is 12.0. The molecule has 2 aromatic rings. The summed E-state index contributed by atoms with van der Waals surface area (Å²) in [7, 11) is 1.51. The van der Waals surface area contributed by atoms with Gasteiger partial charge in [-0.1, -0.05) is 34.8 Å². The second kappa shape index (κ2) is 10.2. The van der Waals surface area contributed by atoms with Crippen molar-refractivity contribution >= 4 is 58.3 Å². The number of amides is 2. The van der Waals surface area contributed by atoms with Crippen LogP contribution in [-0.4, -0.2) is 38.0 Å². The van der Waals surface area contributed by atoms with E-state index in [-0.39, 0.29) is 15.7 Å². The highest BCUT2D eigenvalue weighted by Gasteiger charge is 2.14. The number of methoxy groups -OCH3 is 1. The van der Waals surface area contributed by atoms with Gasteiger partial charge in [0, 0.05) is 10.6 Å². The molecule has 0 saturated heterocycles. The minimum atomic E-state index is -0.787. The van der Waals surface area contributed by atoms with Gasteiger partial charge in [-0.15, -0.1) is 0 Å². The summed E-state index contributed by atoms with van der Waals surface area (Å²) in [4.78, 5) is 35.5. The molecule has 0 fully saturated rings. The normalized spacial score (nSPS) is 10.1. The van der Waals surface area contributed by atoms with E-state index < -0.39 is 30.9 Å². The van der Waals surface area contributed by atoms with Gasteiger partial charge >= 0.3 is 5.97 Å². The lowest BCUT2D eigenvalue weighted by Gasteiger charge is -2.10. The molecular weight excluding hydrogens is 431 g/mol. The van der Waals surface area contributed by atoms with Crippen LogP contribution in [0.3, 0.4) is 0 Å². The largest absolute Gasteiger partial charge is 0.497 e. The molecule has 0 aliphatic heterocycles. The first-order valence-corrected chi connectivity index (χ1v) is 8.96. The fourth-order valence-electron chi connectivity index (χ4n) is 2.03. The van der Waals surface area contributed by atoms with Gasteiger partial charge in [0.15, 0.2) is 6.61 Å². The lowest BCUT2D eigenvalue weighted by Crippen LogP contribution is -2.32. The fraction of sp³-hybridized carbons (Fsp3) is 0.167. The molecule has 148 valence electrons. The average molecular weight is 446 g/mol. The number of benzene rings is 2. The number of carbonyl (C=O) groups excluding carboxylic acids is 3. The molecule has 0 heterocycles. The Morgan fingerprint density at radius 1 is 1.00 bits per heavy atom. The van der Waals surface area contributed by atoms with E-state index in [1.165, 1.54) is 19.2 Å². The molecule has 28 heavy (non-hydrogen) atoms. The van der Waals surface area contributed by atoms with Crippen LogP contribution in [0.25, 0.3) is 0 Å². The zero-order valence-corrected chi connectivity index (χ0v) is 16.8. The smallest absolute Gasteiger partial charge is 0.325 e. The van der Waals surface area contributed by atoms with E-state index in [9.17, 15) is 14.4 Å². The molecule has 0 radical (unpaired) electrons. The van der Waals surface area contributed by atoms with Crippen molar-refractivity contribution in [3.05, 3.63) is 57.0 Å². The molecule has 0 unspecified atom stereocenters. The molecule has 0 saturated carbocycles. The van der Waals surface area contributed by atoms with E-state index in [1.54, 1.807) is 24.3 Å². The Hall–Kier alpha value is -2.48. The monoisotopic (exact) mass is 444 g/mol. The van der Waals surface area contributed by atoms with Crippen molar-refractivity contribution in [2.45, 2.75) is 0 Å². The lowest BCUT2D eigenvalue weighted by molar-refractivity contribution is -0.146. The van der Waals surface area contributed by atoms with Crippen LogP contribution in [0.1, 0.15) is 10.4 Å². The molecule has 2 aromatic carbocycles. The summed E-state index contributed by atoms with van der Waals surface area (Å²) >= 11 is 17.7. The van der Waals surface area contributed by atoms with Crippen LogP contribution in [-0.2, 0) is 14.3 Å². The van der Waals surface area contributed by atoms with Crippen molar-refractivity contribution in [1.29, 1.82) is 0 Å². The summed E-state index contributed by atoms with van der Waals surface area (Å²) in [5, 5.41) is 5.41. The van der Waals surface area contributed by atoms with Crippen molar-refractivity contribution in [2.75, 3.05) is 25.6 Å². The second-order valence-electron chi connectivity index (χ2n) is 5.36. The Balaban J connectivity index is 1.78. The minimum absolute atomic E-state index is 0.143. The van der Waals surface area contributed by atoms with Crippen molar-refractivity contribution in [3.63, 3.8) is 0 Å². The molecule has 0 atom stereocenters. The van der Waals surface area contributed by atoms with Crippen molar-refractivity contribution in [3.8, 4) is 5.75 Å². The maximum Gasteiger partial charge on any atom is 0.325 e. The Bertz CT molecular complexity index is 864. The highest BCUT2D eigenvalue weighted by Crippen LogP contribution is 2.33. The van der Waals surface area contributed by atoms with Gasteiger partial charge < -0.3 is 20.1 Å². The van der Waals surface area contributed by atoms with Crippen molar-refractivity contribution < 1.29 is 23.9 Å². The summed E-state index contributed by atoms with van der Waals surface area (Å²) < 4.78 is 9.80. The minimum Gasteiger partial charge on any atom is -0.497 e. The zero-order chi connectivity index (χ0) is 20.7. The van der Waals surface area contributed by atoms with Crippen molar-refractivity contribution in [2.24, 2.45) is 0 Å². The van der Waals surface area contributed by atoms with Gasteiger partial charge in [-0.25, -0.2) is 0 Å². The molecule has 0 spiro atoms. The third-order valence-electron chi connectivity index (χ3n) is 3.38. The molecule has 10 heteroatoms. The standard InChI is InChI=1S/C18H15Cl3N2O5/c1-27-12-4-2-10(3-5-12)18(26)22-8-16(25)28-9-15(24)23-17-13(20)6-11(19)7-14(17)21/h2-7H,8-9H2,1H3,(H,22,26)(H,23,24). The third-order valence-corrected chi connectivity index (χ3v) is 4.20. The number of esters is 1. The maximum atomic E-state index is 12.0. The first-order chi connectivity index (χ1) is 13.3. The number of halogens is 3. The van der Waals surface area contributed by atoms with E-state index in [1.807, 2.05) is 0 Å². The number of anilines is 1. The van der Waals surface area contributed by atoms with Gasteiger partial charge in [-0.3, -0.25) is 14.4 Å². The number of ether oxygens (including phenoxy) is 2. The summed E-state index contributed by atoms with van der Waals surface area (Å²) in [6.45, 7) is -0.979. The predicted molar refractivity (Wildman–Crippen MR) is 106 cm³/mol. The van der Waals surface area contributed by atoms with Gasteiger partial charge in [0.2, 0.25) is 0 Å². The van der Waals surface area contributed by atoms with Gasteiger partial charge in [0.05, 0.1) is 22.8 Å². The zero-order valence-electron chi connectivity index (χ0n) is 14.6. The highest BCUT2D eigenvalue weighted by atomic mass is 35.5. The van der Waals surface area contributed by atoms with E-state index in [4.69, 9.17) is 44.3 Å². The van der Waals surface area contributed by atoms with Crippen LogP contribution in [0.4, 0.5) is 5.69 Å². The second-order valence-corrected chi connectivity index (χ2v) is 6.62. The Kier molecular flexibility index (Phi) is 7.92. The number of carbonyl (C=O) groups is 3. The fourth-order valence-corrected chi connectivity index (χ4v) is 2.94. The lowest BCUT2D eigenvalue weighted by atomic mass is 10.2. The third kappa shape index (κ3) is 6.30. The van der Waals surface area contributed by atoms with Crippen LogP contribution >= 0.6 is 34.8 Å². The molecule has 0 aromatic heterocycles. The van der Waals surface area contributed by atoms with Gasteiger partial charge in [-0.05, 0) is 36.4 Å². The van der Waals surface area contributed by atoms with E-state index >= 15 is 0 Å². The number of nitrogens with one attached hydrogen (secondary N) is 2. The molecule has 0 bridgehead atoms. The van der Waals surface area contributed by atoms with Crippen LogP contribution in [0, 0.1) is 0 Å². The average Bonchev–Trinajstić information content (AvgIpc) is 2.67. The number of rotatable bonds is 7. The van der Waals surface area contributed by atoms with Crippen LogP contribution in [0.15, 0.2) is 36.4 Å². The van der Waals surface area contributed by atoms with Crippen LogP contribution in [0.5, 0.6) is 5.75 Å². The molecule has 0 aliphatic carbocycles. The van der Waals surface area contributed by atoms with Crippen LogP contribution < -0.4 is 15.4 Å². The first-order valence-electron chi connectivity index (χ1n) is 7.82. The molecule has 2 N–H and O–H groups in total. The van der Waals surface area contributed by atoms with Gasteiger partial charge in [0.25, 0.3) is 11.8 Å². The molecular formula is C18H15Cl3N2O5. The van der Waals surface area contributed by atoms with E-state index in [2.05, 4.69) is 10.6 Å². The number of hydrogen-bond donors (Lipinski definition) is 2. The SMILES string of the molecule is COc1ccc(C(=O)NCC(=O)OCC(=O)Nc2c(Cl)cc(Cl)cc2Cl)cc1. The predicted octanol–water partition coefficient (Wildman–Crippen LogP) is 3.57. The summed E-state index contributed by atoms with van der Waals surface area (Å²) in [6, 6.07) is 9.14. The molecule has 0 aliphatic rings. The molecule has 2 amide bonds. The molecule has 7 nitrogen and oxygen atoms in total. The van der Waals surface area contributed by atoms with Gasteiger partial charge in [-0.2, -0.15) is 0 Å². The van der Waals surface area contributed by atoms with Gasteiger partial charge in [0.1, 0.15) is 12.3 Å². The topological polar surface area (TPSA) is 93.7 Å². The van der Waals surface area contributed by atoms with E-state index in [0.29, 0.717) is 16.3 Å². The van der Waals surface area contributed by atoms with E-state index in [0.717, 1.165) is 0 Å². The Morgan fingerprint density at radius 3 is 2.18 bits per heavy atom. The molecule has 2 rings (SSSR count). The quantitative estimate of drug-likeness (QED) is 0.636. The van der Waals surface area contributed by atoms with Crippen LogP contribution in [0.2, 0.25) is 15.1 Å².